The molecule has 1 saturated heterocycles. The highest BCUT2D eigenvalue weighted by molar-refractivity contribution is 5.78. The second-order valence-corrected chi connectivity index (χ2v) is 4.46. The van der Waals surface area contributed by atoms with Crippen LogP contribution in [0.25, 0.3) is 0 Å². The fourth-order valence-electron chi connectivity index (χ4n) is 1.91. The summed E-state index contributed by atoms with van der Waals surface area (Å²) in [5.74, 6) is -0.511. The number of aromatic nitrogens is 3. The number of aromatic amines is 1. The quantitative estimate of drug-likeness (QED) is 0.329. The first kappa shape index (κ1) is 14.8. The van der Waals surface area contributed by atoms with E-state index >= 15 is 0 Å². The third kappa shape index (κ3) is 3.11. The number of H-pyrrole nitrogens is 1. The van der Waals surface area contributed by atoms with Gasteiger partial charge in [0.15, 0.2) is 6.23 Å². The summed E-state index contributed by atoms with van der Waals surface area (Å²) >= 11 is 0. The highest BCUT2D eigenvalue weighted by atomic mass is 16.6. The molecule has 5 atom stereocenters. The number of rotatable bonds is 4. The van der Waals surface area contributed by atoms with Gasteiger partial charge in [-0.2, -0.15) is 15.4 Å². The topological polar surface area (TPSA) is 161 Å². The van der Waals surface area contributed by atoms with Crippen LogP contribution in [0.15, 0.2) is 6.20 Å². The summed E-state index contributed by atoms with van der Waals surface area (Å²) in [6.45, 7) is -0.555. The van der Waals surface area contributed by atoms with E-state index in [4.69, 9.17) is 9.84 Å². The molecule has 112 valence electrons. The first-order chi connectivity index (χ1) is 9.52. The maximum atomic E-state index is 11.7. The maximum absolute atomic E-state index is 11.7. The Kier molecular flexibility index (Phi) is 4.62. The zero-order chi connectivity index (χ0) is 14.7. The molecule has 20 heavy (non-hydrogen) atoms. The molecular weight excluding hydrogens is 272 g/mol. The predicted octanol–water partition coefficient (Wildman–Crippen LogP) is -3.74. The van der Waals surface area contributed by atoms with E-state index in [1.165, 1.54) is 6.20 Å². The minimum absolute atomic E-state index is 0.0917. The van der Waals surface area contributed by atoms with Gasteiger partial charge in [-0.3, -0.25) is 4.79 Å². The summed E-state index contributed by atoms with van der Waals surface area (Å²) in [6.07, 6.45) is -5.51. The number of amides is 1. The molecule has 0 radical (unpaired) electrons. The van der Waals surface area contributed by atoms with Gasteiger partial charge in [-0.15, -0.1) is 0 Å². The molecule has 0 aromatic carbocycles. The van der Waals surface area contributed by atoms with Crippen molar-refractivity contribution in [2.75, 3.05) is 6.61 Å². The van der Waals surface area contributed by atoms with Crippen LogP contribution >= 0.6 is 0 Å². The summed E-state index contributed by atoms with van der Waals surface area (Å²) < 4.78 is 5.13. The second kappa shape index (κ2) is 6.24. The Morgan fingerprint density at radius 1 is 1.35 bits per heavy atom. The number of carbonyl (C=O) groups is 1. The van der Waals surface area contributed by atoms with Gasteiger partial charge in [0.2, 0.25) is 5.91 Å². The van der Waals surface area contributed by atoms with Gasteiger partial charge < -0.3 is 30.5 Å². The lowest BCUT2D eigenvalue weighted by molar-refractivity contribution is -0.235. The summed E-state index contributed by atoms with van der Waals surface area (Å²) in [5.41, 5.74) is 0.395. The van der Waals surface area contributed by atoms with E-state index < -0.39 is 43.2 Å². The Morgan fingerprint density at radius 2 is 2.10 bits per heavy atom. The molecule has 6 N–H and O–H groups in total. The van der Waals surface area contributed by atoms with E-state index in [-0.39, 0.29) is 6.42 Å². The Labute approximate surface area is 113 Å². The molecule has 0 aliphatic carbocycles. The van der Waals surface area contributed by atoms with E-state index in [1.807, 2.05) is 0 Å². The maximum Gasteiger partial charge on any atom is 0.228 e. The monoisotopic (exact) mass is 288 g/mol. The molecule has 1 aliphatic heterocycles. The minimum atomic E-state index is -1.53. The molecule has 1 fully saturated rings. The SMILES string of the molecule is O=C(Cc1cn[nH]n1)NC1O[C@H](CO)[C@@H](O)[C@H](O)[C@H]1O. The van der Waals surface area contributed by atoms with Crippen molar-refractivity contribution in [3.8, 4) is 0 Å². The second-order valence-electron chi connectivity index (χ2n) is 4.46. The number of nitrogens with zero attached hydrogens (tertiary/aromatic N) is 2. The summed E-state index contributed by atoms with van der Waals surface area (Å²) in [7, 11) is 0. The van der Waals surface area contributed by atoms with Crippen molar-refractivity contribution in [2.45, 2.75) is 37.1 Å². The smallest absolute Gasteiger partial charge is 0.228 e. The van der Waals surface area contributed by atoms with Crippen LogP contribution < -0.4 is 5.32 Å². The zero-order valence-electron chi connectivity index (χ0n) is 10.4. The molecule has 1 aromatic heterocycles. The lowest BCUT2D eigenvalue weighted by atomic mass is 9.98. The molecule has 1 aromatic rings. The number of carbonyl (C=O) groups excluding carboxylic acids is 1. The molecular formula is C10H16N4O6. The number of hydrogen-bond acceptors (Lipinski definition) is 8. The van der Waals surface area contributed by atoms with E-state index in [9.17, 15) is 20.1 Å². The number of nitrogens with one attached hydrogen (secondary N) is 2. The molecule has 2 rings (SSSR count). The third-order valence-corrected chi connectivity index (χ3v) is 3.00. The van der Waals surface area contributed by atoms with Gasteiger partial charge in [0, 0.05) is 0 Å². The van der Waals surface area contributed by atoms with Gasteiger partial charge in [0.25, 0.3) is 0 Å². The van der Waals surface area contributed by atoms with E-state index in [0.717, 1.165) is 0 Å². The average Bonchev–Trinajstić information content (AvgIpc) is 2.92. The van der Waals surface area contributed by atoms with Gasteiger partial charge in [-0.25, -0.2) is 0 Å². The van der Waals surface area contributed by atoms with Gasteiger partial charge in [0.05, 0.1) is 24.9 Å². The van der Waals surface area contributed by atoms with Crippen molar-refractivity contribution in [1.82, 2.24) is 20.7 Å². The largest absolute Gasteiger partial charge is 0.394 e. The predicted molar refractivity (Wildman–Crippen MR) is 62.0 cm³/mol. The van der Waals surface area contributed by atoms with Crippen LogP contribution in [0.4, 0.5) is 0 Å². The van der Waals surface area contributed by atoms with Crippen molar-refractivity contribution in [3.05, 3.63) is 11.9 Å². The normalized spacial score (nSPS) is 33.9. The van der Waals surface area contributed by atoms with E-state index in [0.29, 0.717) is 5.69 Å². The van der Waals surface area contributed by atoms with Crippen molar-refractivity contribution in [1.29, 1.82) is 0 Å². The lowest BCUT2D eigenvalue weighted by Gasteiger charge is -2.40. The van der Waals surface area contributed by atoms with Crippen LogP contribution in [0.2, 0.25) is 0 Å². The molecule has 1 amide bonds. The Morgan fingerprint density at radius 3 is 2.70 bits per heavy atom. The molecule has 0 spiro atoms. The molecule has 0 saturated carbocycles. The third-order valence-electron chi connectivity index (χ3n) is 3.00. The summed E-state index contributed by atoms with van der Waals surface area (Å²) in [6, 6.07) is 0. The Hall–Kier alpha value is -1.59. The van der Waals surface area contributed by atoms with E-state index in [1.54, 1.807) is 0 Å². The molecule has 2 heterocycles. The van der Waals surface area contributed by atoms with Crippen LogP contribution in [-0.2, 0) is 16.0 Å². The van der Waals surface area contributed by atoms with Crippen molar-refractivity contribution in [2.24, 2.45) is 0 Å². The van der Waals surface area contributed by atoms with Crippen LogP contribution in [0.1, 0.15) is 5.69 Å². The zero-order valence-corrected chi connectivity index (χ0v) is 10.4. The van der Waals surface area contributed by atoms with Gasteiger partial charge in [-0.1, -0.05) is 0 Å². The highest BCUT2D eigenvalue weighted by Crippen LogP contribution is 2.19. The Bertz CT molecular complexity index is 439. The number of ether oxygens (including phenoxy) is 1. The molecule has 0 bridgehead atoms. The summed E-state index contributed by atoms with van der Waals surface area (Å²) in [4.78, 5) is 11.7. The average molecular weight is 288 g/mol. The van der Waals surface area contributed by atoms with Crippen LogP contribution in [-0.4, -0.2) is 79.0 Å². The highest BCUT2D eigenvalue weighted by Gasteiger charge is 2.43. The van der Waals surface area contributed by atoms with E-state index in [2.05, 4.69) is 20.7 Å². The minimum Gasteiger partial charge on any atom is -0.394 e. The standard InChI is InChI=1S/C10H16N4O6/c15-3-5-7(17)8(18)9(19)10(20-5)12-6(16)1-4-2-11-14-13-4/h2,5,7-10,15,17-19H,1,3H2,(H,12,16)(H,11,13,14)/t5-,7-,8+,9-,10?/m1/s1. The van der Waals surface area contributed by atoms with Crippen molar-refractivity contribution >= 4 is 5.91 Å². The van der Waals surface area contributed by atoms with Crippen LogP contribution in [0.5, 0.6) is 0 Å². The van der Waals surface area contributed by atoms with Crippen molar-refractivity contribution < 1.29 is 30.0 Å². The van der Waals surface area contributed by atoms with Crippen molar-refractivity contribution in [3.63, 3.8) is 0 Å². The number of aliphatic hydroxyl groups excluding tert-OH is 4. The molecule has 1 unspecified atom stereocenters. The molecule has 10 nitrogen and oxygen atoms in total. The van der Waals surface area contributed by atoms with Gasteiger partial charge in [0.1, 0.15) is 24.4 Å². The fraction of sp³-hybridized carbons (Fsp3) is 0.700. The van der Waals surface area contributed by atoms with Gasteiger partial charge in [-0.05, 0) is 0 Å². The lowest BCUT2D eigenvalue weighted by Crippen LogP contribution is -2.63. The first-order valence-corrected chi connectivity index (χ1v) is 5.97. The number of aliphatic hydroxyl groups is 4. The number of hydrogen-bond donors (Lipinski definition) is 6. The summed E-state index contributed by atoms with van der Waals surface area (Å²) in [5, 5.41) is 49.8. The van der Waals surface area contributed by atoms with Crippen LogP contribution in [0.3, 0.4) is 0 Å². The Balaban J connectivity index is 1.95. The fourth-order valence-corrected chi connectivity index (χ4v) is 1.91. The van der Waals surface area contributed by atoms with Gasteiger partial charge >= 0.3 is 0 Å². The first-order valence-electron chi connectivity index (χ1n) is 5.97. The molecule has 1 aliphatic rings. The molecule has 10 heteroatoms. The van der Waals surface area contributed by atoms with Crippen LogP contribution in [0, 0.1) is 0 Å².